The third-order valence-corrected chi connectivity index (χ3v) is 4.31. The van der Waals surface area contributed by atoms with Gasteiger partial charge in [-0.15, -0.1) is 0 Å². The number of allylic oxidation sites excluding steroid dienone is 2. The molecule has 0 spiro atoms. The molecule has 0 amide bonds. The molecule has 2 aromatic rings. The van der Waals surface area contributed by atoms with Crippen LogP contribution in [0.4, 0.5) is 0 Å². The molecule has 0 aliphatic heterocycles. The Morgan fingerprint density at radius 3 is 2.95 bits per heavy atom. The molecule has 1 aliphatic rings. The molecule has 1 aromatic heterocycles. The molecule has 104 valence electrons. The zero-order valence-electron chi connectivity index (χ0n) is 12.1. The van der Waals surface area contributed by atoms with Crippen molar-refractivity contribution < 1.29 is 5.11 Å². The second-order valence-corrected chi connectivity index (χ2v) is 6.08. The largest absolute Gasteiger partial charge is 0.388 e. The molecule has 3 rings (SSSR count). The van der Waals surface area contributed by atoms with Crippen LogP contribution in [0, 0.1) is 11.8 Å². The maximum atomic E-state index is 10.8. The van der Waals surface area contributed by atoms with Crippen molar-refractivity contribution in [2.45, 2.75) is 32.8 Å². The van der Waals surface area contributed by atoms with Gasteiger partial charge in [0.05, 0.1) is 6.10 Å². The first-order chi connectivity index (χ1) is 9.65. The highest BCUT2D eigenvalue weighted by atomic mass is 16.3. The van der Waals surface area contributed by atoms with Crippen molar-refractivity contribution in [3.8, 4) is 0 Å². The maximum Gasteiger partial charge on any atom is 0.0828 e. The lowest BCUT2D eigenvalue weighted by atomic mass is 9.78. The van der Waals surface area contributed by atoms with Gasteiger partial charge in [0.2, 0.25) is 0 Å². The first kappa shape index (κ1) is 13.3. The standard InChI is InChI=1S/C18H21NO/c1-12-8-13(2)10-15(9-12)18(20)16-5-3-4-14-6-7-19-11-17(14)16/h3-8,11-12,15,18,20H,9-10H2,1-2H3. The van der Waals surface area contributed by atoms with Gasteiger partial charge < -0.3 is 5.11 Å². The number of fused-ring (bicyclic) bond motifs is 1. The van der Waals surface area contributed by atoms with E-state index in [0.29, 0.717) is 11.8 Å². The van der Waals surface area contributed by atoms with Gasteiger partial charge in [-0.2, -0.15) is 0 Å². The predicted octanol–water partition coefficient (Wildman–Crippen LogP) is 4.26. The molecule has 2 nitrogen and oxygen atoms in total. The van der Waals surface area contributed by atoms with Crippen molar-refractivity contribution >= 4 is 10.8 Å². The first-order valence-electron chi connectivity index (χ1n) is 7.33. The summed E-state index contributed by atoms with van der Waals surface area (Å²) in [7, 11) is 0. The van der Waals surface area contributed by atoms with Crippen molar-refractivity contribution in [1.29, 1.82) is 0 Å². The summed E-state index contributed by atoms with van der Waals surface area (Å²) in [5, 5.41) is 13.0. The maximum absolute atomic E-state index is 10.8. The average molecular weight is 267 g/mol. The van der Waals surface area contributed by atoms with Gasteiger partial charge in [-0.3, -0.25) is 4.98 Å². The lowest BCUT2D eigenvalue weighted by Crippen LogP contribution is -2.19. The highest BCUT2D eigenvalue weighted by molar-refractivity contribution is 5.85. The van der Waals surface area contributed by atoms with E-state index < -0.39 is 6.10 Å². The van der Waals surface area contributed by atoms with E-state index in [2.05, 4.69) is 31.0 Å². The van der Waals surface area contributed by atoms with Crippen molar-refractivity contribution in [3.05, 3.63) is 53.9 Å². The van der Waals surface area contributed by atoms with Gasteiger partial charge in [0.15, 0.2) is 0 Å². The molecule has 2 heteroatoms. The number of hydrogen-bond donors (Lipinski definition) is 1. The monoisotopic (exact) mass is 267 g/mol. The Morgan fingerprint density at radius 1 is 1.30 bits per heavy atom. The number of benzene rings is 1. The van der Waals surface area contributed by atoms with Gasteiger partial charge >= 0.3 is 0 Å². The molecule has 1 aromatic carbocycles. The lowest BCUT2D eigenvalue weighted by molar-refractivity contribution is 0.0945. The number of hydrogen-bond acceptors (Lipinski definition) is 2. The van der Waals surface area contributed by atoms with Crippen LogP contribution in [0.2, 0.25) is 0 Å². The highest BCUT2D eigenvalue weighted by Gasteiger charge is 2.26. The van der Waals surface area contributed by atoms with E-state index in [-0.39, 0.29) is 0 Å². The Labute approximate surface area is 120 Å². The van der Waals surface area contributed by atoms with Crippen LogP contribution in [0.1, 0.15) is 38.4 Å². The summed E-state index contributed by atoms with van der Waals surface area (Å²) in [6.45, 7) is 4.40. The van der Waals surface area contributed by atoms with Crippen LogP contribution in [-0.2, 0) is 0 Å². The third-order valence-electron chi connectivity index (χ3n) is 4.31. The number of aliphatic hydroxyl groups is 1. The number of aliphatic hydroxyl groups excluding tert-OH is 1. The Morgan fingerprint density at radius 2 is 2.15 bits per heavy atom. The van der Waals surface area contributed by atoms with E-state index in [4.69, 9.17) is 0 Å². The van der Waals surface area contributed by atoms with Gasteiger partial charge in [0.25, 0.3) is 0 Å². The molecule has 1 N–H and O–H groups in total. The van der Waals surface area contributed by atoms with E-state index in [9.17, 15) is 5.11 Å². The van der Waals surface area contributed by atoms with E-state index in [1.807, 2.05) is 24.4 Å². The van der Waals surface area contributed by atoms with E-state index in [1.54, 1.807) is 6.20 Å². The number of aromatic nitrogens is 1. The summed E-state index contributed by atoms with van der Waals surface area (Å²) in [5.74, 6) is 0.859. The summed E-state index contributed by atoms with van der Waals surface area (Å²) < 4.78 is 0. The van der Waals surface area contributed by atoms with Crippen molar-refractivity contribution in [3.63, 3.8) is 0 Å². The molecule has 0 bridgehead atoms. The van der Waals surface area contributed by atoms with Gasteiger partial charge in [-0.05, 0) is 48.6 Å². The third kappa shape index (κ3) is 2.48. The number of nitrogens with zero attached hydrogens (tertiary/aromatic N) is 1. The molecular formula is C18H21NO. The molecule has 0 fully saturated rings. The highest BCUT2D eigenvalue weighted by Crippen LogP contribution is 2.38. The topological polar surface area (TPSA) is 33.1 Å². The molecule has 3 atom stereocenters. The average Bonchev–Trinajstić information content (AvgIpc) is 2.45. The minimum absolute atomic E-state index is 0.306. The second-order valence-electron chi connectivity index (χ2n) is 6.08. The molecule has 3 unspecified atom stereocenters. The Hall–Kier alpha value is -1.67. The molecule has 0 saturated carbocycles. The van der Waals surface area contributed by atoms with Gasteiger partial charge in [0, 0.05) is 17.8 Å². The molecule has 1 heterocycles. The van der Waals surface area contributed by atoms with Gasteiger partial charge in [0.1, 0.15) is 0 Å². The summed E-state index contributed by atoms with van der Waals surface area (Å²) in [4.78, 5) is 4.21. The zero-order chi connectivity index (χ0) is 14.1. The minimum Gasteiger partial charge on any atom is -0.388 e. The first-order valence-corrected chi connectivity index (χ1v) is 7.33. The Balaban J connectivity index is 1.97. The number of rotatable bonds is 2. The molecule has 20 heavy (non-hydrogen) atoms. The summed E-state index contributed by atoms with van der Waals surface area (Å²) >= 11 is 0. The van der Waals surface area contributed by atoms with E-state index in [1.165, 1.54) is 5.57 Å². The molecule has 0 radical (unpaired) electrons. The van der Waals surface area contributed by atoms with Crippen LogP contribution in [0.5, 0.6) is 0 Å². The smallest absolute Gasteiger partial charge is 0.0828 e. The predicted molar refractivity (Wildman–Crippen MR) is 82.3 cm³/mol. The SMILES string of the molecule is CC1=CC(C)CC(C(O)c2cccc3ccncc23)C1. The quantitative estimate of drug-likeness (QED) is 0.825. The van der Waals surface area contributed by atoms with Crippen LogP contribution in [0.15, 0.2) is 48.3 Å². The van der Waals surface area contributed by atoms with E-state index >= 15 is 0 Å². The fourth-order valence-corrected chi connectivity index (χ4v) is 3.49. The van der Waals surface area contributed by atoms with Crippen molar-refractivity contribution in [1.82, 2.24) is 4.98 Å². The van der Waals surface area contributed by atoms with E-state index in [0.717, 1.165) is 29.2 Å². The van der Waals surface area contributed by atoms with Crippen LogP contribution in [0.3, 0.4) is 0 Å². The van der Waals surface area contributed by atoms with Crippen LogP contribution >= 0.6 is 0 Å². The second kappa shape index (κ2) is 5.37. The number of pyridine rings is 1. The summed E-state index contributed by atoms with van der Waals surface area (Å²) in [6, 6.07) is 8.13. The molecule has 0 saturated heterocycles. The summed E-state index contributed by atoms with van der Waals surface area (Å²) in [6.07, 6.45) is 7.62. The van der Waals surface area contributed by atoms with Crippen LogP contribution < -0.4 is 0 Å². The summed E-state index contributed by atoms with van der Waals surface area (Å²) in [5.41, 5.74) is 2.41. The molecular weight excluding hydrogens is 246 g/mol. The fraction of sp³-hybridized carbons (Fsp3) is 0.389. The fourth-order valence-electron chi connectivity index (χ4n) is 3.49. The van der Waals surface area contributed by atoms with Crippen LogP contribution in [-0.4, -0.2) is 10.1 Å². The zero-order valence-corrected chi connectivity index (χ0v) is 12.1. The van der Waals surface area contributed by atoms with Gasteiger partial charge in [-0.1, -0.05) is 36.8 Å². The lowest BCUT2D eigenvalue weighted by Gasteiger charge is -2.30. The minimum atomic E-state index is -0.408. The molecule has 1 aliphatic carbocycles. The van der Waals surface area contributed by atoms with Crippen molar-refractivity contribution in [2.75, 3.05) is 0 Å². The Kier molecular flexibility index (Phi) is 3.58. The Bertz CT molecular complexity index is 641. The van der Waals surface area contributed by atoms with Crippen molar-refractivity contribution in [2.24, 2.45) is 11.8 Å². The van der Waals surface area contributed by atoms with Gasteiger partial charge in [-0.25, -0.2) is 0 Å². The normalized spacial score (nSPS) is 24.4. The van der Waals surface area contributed by atoms with Crippen LogP contribution in [0.25, 0.3) is 10.8 Å².